The molecule has 2 aromatic carbocycles. The fraction of sp³-hybridized carbons (Fsp3) is 0.316. The van der Waals surface area contributed by atoms with Crippen molar-refractivity contribution in [3.8, 4) is 5.75 Å². The van der Waals surface area contributed by atoms with E-state index in [0.29, 0.717) is 11.6 Å². The number of thiocarbonyl (C=S) groups is 1. The Bertz CT molecular complexity index is 684. The summed E-state index contributed by atoms with van der Waals surface area (Å²) in [7, 11) is 0. The van der Waals surface area contributed by atoms with E-state index in [1.54, 1.807) is 0 Å². The van der Waals surface area contributed by atoms with E-state index in [4.69, 9.17) is 33.3 Å². The van der Waals surface area contributed by atoms with Crippen molar-refractivity contribution >= 4 is 28.8 Å². The van der Waals surface area contributed by atoms with Gasteiger partial charge < -0.3 is 14.8 Å². The van der Waals surface area contributed by atoms with Gasteiger partial charge in [0.1, 0.15) is 17.3 Å². The Morgan fingerprint density at radius 1 is 1.21 bits per heavy atom. The van der Waals surface area contributed by atoms with Crippen LogP contribution in [0.25, 0.3) is 0 Å². The van der Waals surface area contributed by atoms with Crippen molar-refractivity contribution in [1.82, 2.24) is 5.32 Å². The number of benzene rings is 2. The first-order valence-electron chi connectivity index (χ1n) is 8.08. The summed E-state index contributed by atoms with van der Waals surface area (Å²) in [6, 6.07) is 15.5. The maximum absolute atomic E-state index is 6.13. The number of ether oxygens (including phenoxy) is 2. The highest BCUT2D eigenvalue weighted by Gasteiger charge is 2.15. The average molecular weight is 362 g/mol. The van der Waals surface area contributed by atoms with Gasteiger partial charge in [0.25, 0.3) is 0 Å². The molecule has 0 radical (unpaired) electrons. The van der Waals surface area contributed by atoms with E-state index in [0.717, 1.165) is 47.9 Å². The molecule has 3 nitrogen and oxygen atoms in total. The quantitative estimate of drug-likeness (QED) is 0.774. The Labute approximate surface area is 152 Å². The van der Waals surface area contributed by atoms with E-state index in [9.17, 15) is 0 Å². The van der Waals surface area contributed by atoms with Gasteiger partial charge in [-0.1, -0.05) is 42.0 Å². The minimum Gasteiger partial charge on any atom is -0.489 e. The third kappa shape index (κ3) is 4.69. The van der Waals surface area contributed by atoms with E-state index >= 15 is 0 Å². The molecule has 0 spiro atoms. The molecule has 0 saturated carbocycles. The summed E-state index contributed by atoms with van der Waals surface area (Å²) in [5.41, 5.74) is 1.95. The number of hydrogen-bond acceptors (Lipinski definition) is 3. The zero-order valence-corrected chi connectivity index (χ0v) is 14.9. The standard InChI is InChI=1S/C19H20ClNO2S/c20-18-6-2-1-4-15(18)13-23-16-9-7-14(8-10-16)19(24)21-12-17-5-3-11-22-17/h1-2,4,6-10,17H,3,5,11-13H2,(H,21,24)/t17-/m0/s1. The molecule has 5 heteroatoms. The predicted octanol–water partition coefficient (Wildman–Crippen LogP) is 4.36. The summed E-state index contributed by atoms with van der Waals surface area (Å²) in [6.07, 6.45) is 2.52. The van der Waals surface area contributed by atoms with Crippen molar-refractivity contribution < 1.29 is 9.47 Å². The summed E-state index contributed by atoms with van der Waals surface area (Å²) in [4.78, 5) is 0.739. The van der Waals surface area contributed by atoms with Crippen LogP contribution in [0.4, 0.5) is 0 Å². The van der Waals surface area contributed by atoms with Gasteiger partial charge in [0.2, 0.25) is 0 Å². The second-order valence-corrected chi connectivity index (χ2v) is 6.56. The van der Waals surface area contributed by atoms with Crippen molar-refractivity contribution in [2.75, 3.05) is 13.2 Å². The van der Waals surface area contributed by atoms with Crippen molar-refractivity contribution in [3.63, 3.8) is 0 Å². The molecule has 0 aromatic heterocycles. The second-order valence-electron chi connectivity index (χ2n) is 5.75. The Balaban J connectivity index is 1.51. The van der Waals surface area contributed by atoms with Gasteiger partial charge in [0.05, 0.1) is 6.10 Å². The van der Waals surface area contributed by atoms with Gasteiger partial charge in [-0.3, -0.25) is 0 Å². The molecule has 24 heavy (non-hydrogen) atoms. The van der Waals surface area contributed by atoms with E-state index in [1.165, 1.54) is 0 Å². The van der Waals surface area contributed by atoms with Gasteiger partial charge in [0, 0.05) is 29.3 Å². The van der Waals surface area contributed by atoms with Crippen LogP contribution in [0.2, 0.25) is 5.02 Å². The third-order valence-corrected chi connectivity index (χ3v) is 4.73. The summed E-state index contributed by atoms with van der Waals surface area (Å²) < 4.78 is 11.4. The Kier molecular flexibility index (Phi) is 6.07. The molecule has 0 aliphatic carbocycles. The fourth-order valence-corrected chi connectivity index (χ4v) is 3.00. The summed E-state index contributed by atoms with van der Waals surface area (Å²) in [5, 5.41) is 3.99. The molecule has 1 atom stereocenters. The lowest BCUT2D eigenvalue weighted by molar-refractivity contribution is 0.114. The third-order valence-electron chi connectivity index (χ3n) is 3.98. The van der Waals surface area contributed by atoms with E-state index in [2.05, 4.69) is 5.32 Å². The van der Waals surface area contributed by atoms with Crippen LogP contribution in [-0.4, -0.2) is 24.2 Å². The van der Waals surface area contributed by atoms with Gasteiger partial charge in [0.15, 0.2) is 0 Å². The molecule has 3 rings (SSSR count). The molecule has 1 heterocycles. The maximum Gasteiger partial charge on any atom is 0.119 e. The molecular weight excluding hydrogens is 342 g/mol. The van der Waals surface area contributed by atoms with Crippen molar-refractivity contribution in [1.29, 1.82) is 0 Å². The van der Waals surface area contributed by atoms with E-state index in [1.807, 2.05) is 48.5 Å². The van der Waals surface area contributed by atoms with Gasteiger partial charge >= 0.3 is 0 Å². The lowest BCUT2D eigenvalue weighted by atomic mass is 10.2. The van der Waals surface area contributed by atoms with Crippen LogP contribution in [0.15, 0.2) is 48.5 Å². The van der Waals surface area contributed by atoms with Crippen LogP contribution in [0, 0.1) is 0 Å². The lowest BCUT2D eigenvalue weighted by Gasteiger charge is -2.13. The van der Waals surface area contributed by atoms with E-state index in [-0.39, 0.29) is 6.10 Å². The predicted molar refractivity (Wildman–Crippen MR) is 101 cm³/mol. The molecular formula is C19H20ClNO2S. The maximum atomic E-state index is 6.13. The average Bonchev–Trinajstić information content (AvgIpc) is 3.13. The molecule has 0 amide bonds. The van der Waals surface area contributed by atoms with Gasteiger partial charge in [-0.2, -0.15) is 0 Å². The summed E-state index contributed by atoms with van der Waals surface area (Å²) >= 11 is 11.6. The van der Waals surface area contributed by atoms with Crippen LogP contribution < -0.4 is 10.1 Å². The van der Waals surface area contributed by atoms with Crippen LogP contribution in [0.3, 0.4) is 0 Å². The zero-order valence-electron chi connectivity index (χ0n) is 13.3. The normalized spacial score (nSPS) is 16.8. The first kappa shape index (κ1) is 17.2. The molecule has 1 aliphatic heterocycles. The topological polar surface area (TPSA) is 30.5 Å². The van der Waals surface area contributed by atoms with Crippen molar-refractivity contribution in [2.45, 2.75) is 25.6 Å². The molecule has 126 valence electrons. The van der Waals surface area contributed by atoms with Crippen LogP contribution in [0.1, 0.15) is 24.0 Å². The first-order valence-corrected chi connectivity index (χ1v) is 8.87. The molecule has 0 unspecified atom stereocenters. The Hall–Kier alpha value is -1.62. The fourth-order valence-electron chi connectivity index (χ4n) is 2.59. The van der Waals surface area contributed by atoms with Gasteiger partial charge in [-0.25, -0.2) is 0 Å². The zero-order chi connectivity index (χ0) is 16.8. The van der Waals surface area contributed by atoms with Crippen LogP contribution >= 0.6 is 23.8 Å². The lowest BCUT2D eigenvalue weighted by Crippen LogP contribution is -2.31. The highest BCUT2D eigenvalue weighted by atomic mass is 35.5. The van der Waals surface area contributed by atoms with Crippen molar-refractivity contribution in [3.05, 3.63) is 64.7 Å². The summed E-state index contributed by atoms with van der Waals surface area (Å²) in [5.74, 6) is 0.792. The monoisotopic (exact) mass is 361 g/mol. The first-order chi connectivity index (χ1) is 11.7. The molecule has 1 aliphatic rings. The molecule has 2 aromatic rings. The Morgan fingerprint density at radius 3 is 2.71 bits per heavy atom. The van der Waals surface area contributed by atoms with Crippen LogP contribution in [-0.2, 0) is 11.3 Å². The number of rotatable bonds is 6. The number of halogens is 1. The minimum atomic E-state index is 0.279. The van der Waals surface area contributed by atoms with Crippen LogP contribution in [0.5, 0.6) is 5.75 Å². The molecule has 0 bridgehead atoms. The number of nitrogens with one attached hydrogen (secondary N) is 1. The smallest absolute Gasteiger partial charge is 0.119 e. The van der Waals surface area contributed by atoms with Crippen molar-refractivity contribution in [2.24, 2.45) is 0 Å². The number of hydrogen-bond donors (Lipinski definition) is 1. The molecule has 1 saturated heterocycles. The second kappa shape index (κ2) is 8.47. The highest BCUT2D eigenvalue weighted by molar-refractivity contribution is 7.80. The Morgan fingerprint density at radius 2 is 2.00 bits per heavy atom. The largest absolute Gasteiger partial charge is 0.489 e. The summed E-state index contributed by atoms with van der Waals surface area (Å²) in [6.45, 7) is 2.07. The minimum absolute atomic E-state index is 0.279. The van der Waals surface area contributed by atoms with Gasteiger partial charge in [-0.05, 0) is 43.2 Å². The van der Waals surface area contributed by atoms with E-state index < -0.39 is 0 Å². The SMILES string of the molecule is S=C(NC[C@@H]1CCCO1)c1ccc(OCc2ccccc2Cl)cc1. The van der Waals surface area contributed by atoms with Gasteiger partial charge in [-0.15, -0.1) is 0 Å². The highest BCUT2D eigenvalue weighted by Crippen LogP contribution is 2.19. The molecule has 1 N–H and O–H groups in total. The molecule has 1 fully saturated rings.